The monoisotopic (exact) mass is 332 g/mol. The number of nitrogens with one attached hydrogen (secondary N) is 1. The molecular formula is C16H20N4O4. The van der Waals surface area contributed by atoms with Crippen molar-refractivity contribution < 1.29 is 14.5 Å². The normalized spacial score (nSPS) is 18.6. The Labute approximate surface area is 139 Å². The average Bonchev–Trinajstić information content (AvgIpc) is 3.00. The molecule has 0 spiro atoms. The minimum Gasteiger partial charge on any atom is -0.338 e. The lowest BCUT2D eigenvalue weighted by Crippen LogP contribution is -2.47. The van der Waals surface area contributed by atoms with Crippen LogP contribution in [0.2, 0.25) is 0 Å². The molecule has 0 radical (unpaired) electrons. The number of piperidine rings is 1. The summed E-state index contributed by atoms with van der Waals surface area (Å²) in [5, 5.41) is 14.1. The number of carbonyl (C=O) groups is 2. The molecule has 1 N–H and O–H groups in total. The molecule has 3 rings (SSSR count). The molecule has 2 saturated heterocycles. The molecule has 3 amide bonds. The molecule has 2 aliphatic heterocycles. The molecule has 1 aromatic carbocycles. The van der Waals surface area contributed by atoms with Gasteiger partial charge in [0.1, 0.15) is 5.56 Å². The summed E-state index contributed by atoms with van der Waals surface area (Å²) in [5.74, 6) is -0.310. The molecule has 0 aliphatic carbocycles. The van der Waals surface area contributed by atoms with Gasteiger partial charge in [0, 0.05) is 37.8 Å². The van der Waals surface area contributed by atoms with Gasteiger partial charge in [-0.2, -0.15) is 0 Å². The summed E-state index contributed by atoms with van der Waals surface area (Å²) in [5.41, 5.74) is 0.496. The molecule has 8 heteroatoms. The fourth-order valence-corrected chi connectivity index (χ4v) is 3.46. The fraction of sp³-hybridized carbons (Fsp3) is 0.500. The van der Waals surface area contributed by atoms with Gasteiger partial charge in [0.15, 0.2) is 0 Å². The Morgan fingerprint density at radius 1 is 1.29 bits per heavy atom. The third-order valence-corrected chi connectivity index (χ3v) is 4.73. The molecular weight excluding hydrogens is 312 g/mol. The molecule has 0 unspecified atom stereocenters. The third-order valence-electron chi connectivity index (χ3n) is 4.73. The van der Waals surface area contributed by atoms with Crippen molar-refractivity contribution in [2.45, 2.75) is 25.8 Å². The van der Waals surface area contributed by atoms with Crippen LogP contribution in [0.3, 0.4) is 0 Å². The number of hydrogen-bond acceptors (Lipinski definition) is 4. The summed E-state index contributed by atoms with van der Waals surface area (Å²) in [6.07, 6.45) is 1.39. The van der Waals surface area contributed by atoms with Gasteiger partial charge in [-0.05, 0) is 25.8 Å². The number of benzene rings is 1. The van der Waals surface area contributed by atoms with E-state index in [9.17, 15) is 19.7 Å². The van der Waals surface area contributed by atoms with Crippen LogP contribution < -0.4 is 5.32 Å². The van der Waals surface area contributed by atoms with Crippen LogP contribution in [0.15, 0.2) is 18.2 Å². The van der Waals surface area contributed by atoms with Crippen molar-refractivity contribution in [1.82, 2.24) is 15.1 Å². The highest BCUT2D eigenvalue weighted by Gasteiger charge is 2.33. The molecule has 2 heterocycles. The predicted molar refractivity (Wildman–Crippen MR) is 86.9 cm³/mol. The molecule has 0 saturated carbocycles. The van der Waals surface area contributed by atoms with Gasteiger partial charge in [0.25, 0.3) is 11.6 Å². The number of likely N-dealkylation sites (tertiary alicyclic amines) is 1. The molecule has 24 heavy (non-hydrogen) atoms. The van der Waals surface area contributed by atoms with Crippen molar-refractivity contribution in [3.8, 4) is 0 Å². The van der Waals surface area contributed by atoms with E-state index in [0.29, 0.717) is 44.6 Å². The first kappa shape index (κ1) is 16.2. The van der Waals surface area contributed by atoms with E-state index < -0.39 is 4.92 Å². The number of nitrogens with zero attached hydrogens (tertiary/aromatic N) is 3. The Hall–Kier alpha value is -2.64. The van der Waals surface area contributed by atoms with Crippen LogP contribution in [0.4, 0.5) is 10.5 Å². The molecule has 0 atom stereocenters. The van der Waals surface area contributed by atoms with Crippen LogP contribution in [0.1, 0.15) is 28.8 Å². The molecule has 2 fully saturated rings. The van der Waals surface area contributed by atoms with E-state index in [1.54, 1.807) is 24.0 Å². The Kier molecular flexibility index (Phi) is 4.37. The zero-order valence-electron chi connectivity index (χ0n) is 13.5. The number of rotatable bonds is 3. The summed E-state index contributed by atoms with van der Waals surface area (Å²) in [4.78, 5) is 38.7. The number of urea groups is 1. The Bertz CT molecular complexity index is 683. The predicted octanol–water partition coefficient (Wildman–Crippen LogP) is 1.53. The molecule has 1 aromatic rings. The van der Waals surface area contributed by atoms with Gasteiger partial charge in [-0.25, -0.2) is 4.79 Å². The summed E-state index contributed by atoms with van der Waals surface area (Å²) in [6, 6.07) is 4.88. The topological polar surface area (TPSA) is 95.8 Å². The molecule has 0 bridgehead atoms. The number of nitro benzene ring substituents is 1. The minimum absolute atomic E-state index is 0.0471. The Balaban J connectivity index is 1.71. The van der Waals surface area contributed by atoms with Crippen LogP contribution in [0.25, 0.3) is 0 Å². The van der Waals surface area contributed by atoms with Crippen molar-refractivity contribution in [2.24, 2.45) is 0 Å². The van der Waals surface area contributed by atoms with E-state index in [4.69, 9.17) is 0 Å². The van der Waals surface area contributed by atoms with Crippen LogP contribution in [0.5, 0.6) is 0 Å². The van der Waals surface area contributed by atoms with Crippen LogP contribution in [0, 0.1) is 17.0 Å². The van der Waals surface area contributed by atoms with Gasteiger partial charge >= 0.3 is 6.03 Å². The van der Waals surface area contributed by atoms with Crippen molar-refractivity contribution in [3.05, 3.63) is 39.4 Å². The minimum atomic E-state index is -0.496. The molecule has 0 aromatic heterocycles. The van der Waals surface area contributed by atoms with Crippen LogP contribution in [-0.2, 0) is 0 Å². The number of hydrogen-bond donors (Lipinski definition) is 1. The fourth-order valence-electron chi connectivity index (χ4n) is 3.46. The zero-order valence-corrected chi connectivity index (χ0v) is 13.5. The number of para-hydroxylation sites is 1. The van der Waals surface area contributed by atoms with Crippen molar-refractivity contribution in [1.29, 1.82) is 0 Å². The van der Waals surface area contributed by atoms with Crippen LogP contribution in [-0.4, -0.2) is 58.9 Å². The first-order chi connectivity index (χ1) is 11.5. The number of nitro groups is 1. The van der Waals surface area contributed by atoms with Crippen molar-refractivity contribution in [3.63, 3.8) is 0 Å². The van der Waals surface area contributed by atoms with Crippen LogP contribution >= 0.6 is 0 Å². The smallest absolute Gasteiger partial charge is 0.317 e. The van der Waals surface area contributed by atoms with E-state index in [2.05, 4.69) is 5.32 Å². The van der Waals surface area contributed by atoms with E-state index >= 15 is 0 Å². The summed E-state index contributed by atoms with van der Waals surface area (Å²) >= 11 is 0. The van der Waals surface area contributed by atoms with Gasteiger partial charge in [-0.15, -0.1) is 0 Å². The SMILES string of the molecule is Cc1cccc(C(=O)N2CCC(N3CCNC3=O)CC2)c1[N+](=O)[O-]. The lowest BCUT2D eigenvalue weighted by atomic mass is 10.0. The largest absolute Gasteiger partial charge is 0.338 e. The third kappa shape index (κ3) is 2.91. The summed E-state index contributed by atoms with van der Waals surface area (Å²) in [6.45, 7) is 3.98. The van der Waals surface area contributed by atoms with Gasteiger partial charge in [0.05, 0.1) is 4.92 Å². The van der Waals surface area contributed by atoms with E-state index in [1.807, 2.05) is 4.90 Å². The quantitative estimate of drug-likeness (QED) is 0.671. The van der Waals surface area contributed by atoms with Gasteiger partial charge in [-0.1, -0.05) is 12.1 Å². The van der Waals surface area contributed by atoms with Gasteiger partial charge in [0.2, 0.25) is 0 Å². The molecule has 128 valence electrons. The summed E-state index contributed by atoms with van der Waals surface area (Å²) < 4.78 is 0. The second-order valence-corrected chi connectivity index (χ2v) is 6.18. The lowest BCUT2D eigenvalue weighted by Gasteiger charge is -2.36. The lowest BCUT2D eigenvalue weighted by molar-refractivity contribution is -0.385. The maximum Gasteiger partial charge on any atom is 0.317 e. The number of amides is 3. The maximum absolute atomic E-state index is 12.7. The summed E-state index contributed by atoms with van der Waals surface area (Å²) in [7, 11) is 0. The van der Waals surface area contributed by atoms with Crippen molar-refractivity contribution >= 4 is 17.6 Å². The highest BCUT2D eigenvalue weighted by molar-refractivity contribution is 5.98. The average molecular weight is 332 g/mol. The first-order valence-electron chi connectivity index (χ1n) is 8.07. The van der Waals surface area contributed by atoms with E-state index in [-0.39, 0.29) is 29.2 Å². The number of aryl methyl sites for hydroxylation is 1. The Morgan fingerprint density at radius 3 is 2.58 bits per heavy atom. The maximum atomic E-state index is 12.7. The van der Waals surface area contributed by atoms with E-state index in [0.717, 1.165) is 0 Å². The molecule has 8 nitrogen and oxygen atoms in total. The standard InChI is InChI=1S/C16H20N4O4/c1-11-3-2-4-13(14(11)20(23)24)15(21)18-8-5-12(6-9-18)19-10-7-17-16(19)22/h2-4,12H,5-10H2,1H3,(H,17,22). The van der Waals surface area contributed by atoms with E-state index in [1.165, 1.54) is 6.07 Å². The van der Waals surface area contributed by atoms with Crippen molar-refractivity contribution in [2.75, 3.05) is 26.2 Å². The Morgan fingerprint density at radius 2 is 2.00 bits per heavy atom. The molecule has 2 aliphatic rings. The second-order valence-electron chi connectivity index (χ2n) is 6.18. The highest BCUT2D eigenvalue weighted by Crippen LogP contribution is 2.26. The highest BCUT2D eigenvalue weighted by atomic mass is 16.6. The zero-order chi connectivity index (χ0) is 17.3. The van der Waals surface area contributed by atoms with Gasteiger partial charge in [-0.3, -0.25) is 14.9 Å². The second kappa shape index (κ2) is 6.46. The first-order valence-corrected chi connectivity index (χ1v) is 8.07. The van der Waals surface area contributed by atoms with Gasteiger partial charge < -0.3 is 15.1 Å². The number of carbonyl (C=O) groups excluding carboxylic acids is 2.